The SMILES string of the molecule is COc1cccc(/C=C2\SC(=Nc3cccc(C(F)(F)F)c3)NC2=O)c1OC. The second-order valence-corrected chi connectivity index (χ2v) is 6.64. The van der Waals surface area contributed by atoms with E-state index in [0.29, 0.717) is 22.0 Å². The third-order valence-electron chi connectivity index (χ3n) is 3.78. The maximum absolute atomic E-state index is 12.8. The number of ether oxygens (including phenoxy) is 2. The van der Waals surface area contributed by atoms with Crippen molar-refractivity contribution in [2.45, 2.75) is 6.18 Å². The number of aliphatic imine (C=N–C) groups is 1. The minimum Gasteiger partial charge on any atom is -0.493 e. The second kappa shape index (κ2) is 7.97. The summed E-state index contributed by atoms with van der Waals surface area (Å²) in [6, 6.07) is 9.82. The topological polar surface area (TPSA) is 59.9 Å². The zero-order valence-corrected chi connectivity index (χ0v) is 15.6. The Morgan fingerprint density at radius 2 is 1.86 bits per heavy atom. The number of thioether (sulfide) groups is 1. The van der Waals surface area contributed by atoms with Gasteiger partial charge in [-0.05, 0) is 42.1 Å². The van der Waals surface area contributed by atoms with Crippen molar-refractivity contribution in [1.82, 2.24) is 5.32 Å². The highest BCUT2D eigenvalue weighted by atomic mass is 32.2. The molecule has 0 atom stereocenters. The highest BCUT2D eigenvalue weighted by Crippen LogP contribution is 2.36. The zero-order valence-electron chi connectivity index (χ0n) is 14.8. The number of halogens is 3. The van der Waals surface area contributed by atoms with Crippen LogP contribution in [-0.2, 0) is 11.0 Å². The largest absolute Gasteiger partial charge is 0.493 e. The average Bonchev–Trinajstić information content (AvgIpc) is 2.99. The van der Waals surface area contributed by atoms with Crippen molar-refractivity contribution in [2.24, 2.45) is 4.99 Å². The molecule has 1 N–H and O–H groups in total. The monoisotopic (exact) mass is 408 g/mol. The van der Waals surface area contributed by atoms with Gasteiger partial charge in [0.25, 0.3) is 5.91 Å². The number of rotatable bonds is 4. The number of nitrogens with one attached hydrogen (secondary N) is 1. The normalized spacial score (nSPS) is 17.1. The third kappa shape index (κ3) is 4.30. The standard InChI is InChI=1S/C19H15F3N2O3S/c1-26-14-8-3-5-11(16(14)27-2)9-15-17(25)24-18(28-15)23-13-7-4-6-12(10-13)19(20,21)22/h3-10H,1-2H3,(H,23,24,25)/b15-9-. The van der Waals surface area contributed by atoms with Crippen LogP contribution in [0.1, 0.15) is 11.1 Å². The van der Waals surface area contributed by atoms with Gasteiger partial charge < -0.3 is 14.8 Å². The van der Waals surface area contributed by atoms with Gasteiger partial charge in [-0.2, -0.15) is 13.2 Å². The lowest BCUT2D eigenvalue weighted by Crippen LogP contribution is -2.19. The fourth-order valence-electron chi connectivity index (χ4n) is 2.52. The number of alkyl halides is 3. The molecule has 1 amide bonds. The fourth-order valence-corrected chi connectivity index (χ4v) is 3.35. The number of nitrogens with zero attached hydrogens (tertiary/aromatic N) is 1. The van der Waals surface area contributed by atoms with E-state index in [9.17, 15) is 18.0 Å². The van der Waals surface area contributed by atoms with E-state index in [1.165, 1.54) is 26.4 Å². The van der Waals surface area contributed by atoms with Crippen LogP contribution in [0.3, 0.4) is 0 Å². The van der Waals surface area contributed by atoms with Crippen molar-refractivity contribution in [3.63, 3.8) is 0 Å². The maximum Gasteiger partial charge on any atom is 0.416 e. The Hall–Kier alpha value is -2.94. The summed E-state index contributed by atoms with van der Waals surface area (Å²) in [4.78, 5) is 16.7. The summed E-state index contributed by atoms with van der Waals surface area (Å²) in [5, 5.41) is 2.74. The quantitative estimate of drug-likeness (QED) is 0.751. The molecule has 1 aliphatic rings. The summed E-state index contributed by atoms with van der Waals surface area (Å²) < 4.78 is 49.0. The Kier molecular flexibility index (Phi) is 5.64. The lowest BCUT2D eigenvalue weighted by Gasteiger charge is -2.10. The van der Waals surface area contributed by atoms with Crippen LogP contribution in [-0.4, -0.2) is 25.3 Å². The molecule has 5 nitrogen and oxygen atoms in total. The molecule has 1 saturated heterocycles. The molecular formula is C19H15F3N2O3S. The maximum atomic E-state index is 12.8. The Labute approximate surface area is 163 Å². The number of hydrogen-bond acceptors (Lipinski definition) is 5. The molecule has 0 spiro atoms. The summed E-state index contributed by atoms with van der Waals surface area (Å²) in [7, 11) is 2.99. The predicted octanol–water partition coefficient (Wildman–Crippen LogP) is 4.61. The third-order valence-corrected chi connectivity index (χ3v) is 4.68. The summed E-state index contributed by atoms with van der Waals surface area (Å²) in [6.07, 6.45) is -2.85. The van der Waals surface area contributed by atoms with Gasteiger partial charge >= 0.3 is 6.18 Å². The summed E-state index contributed by atoms with van der Waals surface area (Å²) >= 11 is 1.03. The lowest BCUT2D eigenvalue weighted by atomic mass is 10.1. The van der Waals surface area contributed by atoms with E-state index < -0.39 is 17.6 Å². The van der Waals surface area contributed by atoms with E-state index >= 15 is 0 Å². The van der Waals surface area contributed by atoms with Crippen molar-refractivity contribution in [2.75, 3.05) is 14.2 Å². The van der Waals surface area contributed by atoms with Crippen molar-refractivity contribution < 1.29 is 27.4 Å². The van der Waals surface area contributed by atoms with Crippen LogP contribution >= 0.6 is 11.8 Å². The minimum atomic E-state index is -4.46. The van der Waals surface area contributed by atoms with Crippen LogP contribution in [0.15, 0.2) is 52.4 Å². The molecule has 1 fully saturated rings. The highest BCUT2D eigenvalue weighted by Gasteiger charge is 2.30. The summed E-state index contributed by atoms with van der Waals surface area (Å²) in [5.41, 5.74) is -0.0850. The summed E-state index contributed by atoms with van der Waals surface area (Å²) in [5.74, 6) is 0.577. The van der Waals surface area contributed by atoms with Gasteiger partial charge in [-0.1, -0.05) is 18.2 Å². The first kappa shape index (κ1) is 19.8. The molecule has 1 heterocycles. The molecule has 3 rings (SSSR count). The van der Waals surface area contributed by atoms with Gasteiger partial charge in [0.05, 0.1) is 30.4 Å². The number of hydrogen-bond donors (Lipinski definition) is 1. The molecule has 0 saturated carbocycles. The van der Waals surface area contributed by atoms with Crippen molar-refractivity contribution >= 4 is 34.6 Å². The molecule has 0 aromatic heterocycles. The molecule has 9 heteroatoms. The van der Waals surface area contributed by atoms with E-state index in [-0.39, 0.29) is 10.9 Å². The Morgan fingerprint density at radius 3 is 2.54 bits per heavy atom. The van der Waals surface area contributed by atoms with Gasteiger partial charge in [-0.15, -0.1) is 0 Å². The van der Waals surface area contributed by atoms with Crippen LogP contribution in [0.2, 0.25) is 0 Å². The Morgan fingerprint density at radius 1 is 1.11 bits per heavy atom. The number of benzene rings is 2. The van der Waals surface area contributed by atoms with Crippen molar-refractivity contribution in [3.05, 3.63) is 58.5 Å². The molecular weight excluding hydrogens is 393 g/mol. The van der Waals surface area contributed by atoms with E-state index in [2.05, 4.69) is 10.3 Å². The molecule has 0 aliphatic carbocycles. The number of amides is 1. The molecule has 146 valence electrons. The van der Waals surface area contributed by atoms with Crippen LogP contribution in [0, 0.1) is 0 Å². The van der Waals surface area contributed by atoms with Crippen LogP contribution in [0.4, 0.5) is 18.9 Å². The number of amidine groups is 1. The van der Waals surface area contributed by atoms with Crippen LogP contribution < -0.4 is 14.8 Å². The van der Waals surface area contributed by atoms with Gasteiger partial charge in [0.2, 0.25) is 0 Å². The number of methoxy groups -OCH3 is 2. The van der Waals surface area contributed by atoms with E-state index in [0.717, 1.165) is 23.9 Å². The Bertz CT molecular complexity index is 971. The van der Waals surface area contributed by atoms with E-state index in [4.69, 9.17) is 9.47 Å². The lowest BCUT2D eigenvalue weighted by molar-refractivity contribution is -0.137. The summed E-state index contributed by atoms with van der Waals surface area (Å²) in [6.45, 7) is 0. The van der Waals surface area contributed by atoms with Gasteiger partial charge in [0.15, 0.2) is 16.7 Å². The molecule has 0 unspecified atom stereocenters. The molecule has 0 radical (unpaired) electrons. The molecule has 28 heavy (non-hydrogen) atoms. The number of para-hydroxylation sites is 1. The van der Waals surface area contributed by atoms with Crippen LogP contribution in [0.5, 0.6) is 11.5 Å². The fraction of sp³-hybridized carbons (Fsp3) is 0.158. The van der Waals surface area contributed by atoms with E-state index in [1.54, 1.807) is 24.3 Å². The van der Waals surface area contributed by atoms with Gasteiger partial charge in [0.1, 0.15) is 0 Å². The smallest absolute Gasteiger partial charge is 0.416 e. The average molecular weight is 408 g/mol. The Balaban J connectivity index is 1.89. The van der Waals surface area contributed by atoms with E-state index in [1.807, 2.05) is 0 Å². The van der Waals surface area contributed by atoms with Crippen LogP contribution in [0.25, 0.3) is 6.08 Å². The van der Waals surface area contributed by atoms with Gasteiger partial charge in [0, 0.05) is 5.56 Å². The second-order valence-electron chi connectivity index (χ2n) is 5.61. The highest BCUT2D eigenvalue weighted by molar-refractivity contribution is 8.18. The first-order chi connectivity index (χ1) is 13.3. The predicted molar refractivity (Wildman–Crippen MR) is 102 cm³/mol. The number of carbonyl (C=O) groups is 1. The van der Waals surface area contributed by atoms with Gasteiger partial charge in [-0.25, -0.2) is 4.99 Å². The van der Waals surface area contributed by atoms with Gasteiger partial charge in [-0.3, -0.25) is 4.79 Å². The first-order valence-corrected chi connectivity index (χ1v) is 8.81. The molecule has 2 aromatic rings. The minimum absolute atomic E-state index is 0.0952. The molecule has 0 bridgehead atoms. The first-order valence-electron chi connectivity index (χ1n) is 7.99. The molecule has 2 aromatic carbocycles. The van der Waals surface area contributed by atoms with Crippen molar-refractivity contribution in [1.29, 1.82) is 0 Å². The van der Waals surface area contributed by atoms with Crippen molar-refractivity contribution in [3.8, 4) is 11.5 Å². The zero-order chi connectivity index (χ0) is 20.3. The number of carbonyl (C=O) groups excluding carboxylic acids is 1. The molecule has 1 aliphatic heterocycles.